The van der Waals surface area contributed by atoms with Crippen molar-refractivity contribution in [2.24, 2.45) is 5.92 Å². The van der Waals surface area contributed by atoms with Crippen LogP contribution in [0.1, 0.15) is 47.0 Å². The summed E-state index contributed by atoms with van der Waals surface area (Å²) in [6.07, 6.45) is 1.53. The summed E-state index contributed by atoms with van der Waals surface area (Å²) < 4.78 is 41.3. The number of hydrogen-bond donors (Lipinski definition) is 2. The summed E-state index contributed by atoms with van der Waals surface area (Å²) in [5, 5.41) is 10.7. The van der Waals surface area contributed by atoms with Gasteiger partial charge in [-0.1, -0.05) is 46.2 Å². The van der Waals surface area contributed by atoms with Crippen LogP contribution in [-0.2, 0) is 10.0 Å². The Morgan fingerprint density at radius 2 is 1.77 bits per heavy atom. The number of halogens is 1. The number of hydrogen-bond acceptors (Lipinski definition) is 3. The Bertz CT molecular complexity index is 585. The number of benzene rings is 1. The average Bonchev–Trinajstić information content (AvgIpc) is 2.51. The molecule has 0 heterocycles. The molecule has 0 amide bonds. The van der Waals surface area contributed by atoms with Crippen LogP contribution in [0.3, 0.4) is 0 Å². The van der Waals surface area contributed by atoms with Crippen molar-refractivity contribution in [2.45, 2.75) is 63.5 Å². The first-order chi connectivity index (χ1) is 10.2. The summed E-state index contributed by atoms with van der Waals surface area (Å²) in [6.45, 7) is 7.44. The Morgan fingerprint density at radius 3 is 2.23 bits per heavy atom. The Morgan fingerprint density at radius 1 is 1.23 bits per heavy atom. The largest absolute Gasteiger partial charge is 0.388 e. The fourth-order valence-corrected chi connectivity index (χ4v) is 4.07. The van der Waals surface area contributed by atoms with Gasteiger partial charge in [-0.25, -0.2) is 17.5 Å². The van der Waals surface area contributed by atoms with E-state index in [1.54, 1.807) is 0 Å². The maximum Gasteiger partial charge on any atom is 0.243 e. The van der Waals surface area contributed by atoms with Crippen molar-refractivity contribution in [3.63, 3.8) is 0 Å². The van der Waals surface area contributed by atoms with Crippen LogP contribution in [0.4, 0.5) is 4.39 Å². The fourth-order valence-electron chi connectivity index (χ4n) is 2.57. The molecule has 1 aromatic rings. The minimum absolute atomic E-state index is 0.0774. The molecule has 1 rings (SSSR count). The highest BCUT2D eigenvalue weighted by molar-refractivity contribution is 7.89. The van der Waals surface area contributed by atoms with E-state index in [9.17, 15) is 17.9 Å². The molecule has 0 fully saturated rings. The van der Waals surface area contributed by atoms with Crippen LogP contribution < -0.4 is 4.72 Å². The van der Waals surface area contributed by atoms with E-state index in [-0.39, 0.29) is 5.92 Å². The summed E-state index contributed by atoms with van der Waals surface area (Å²) in [4.78, 5) is -0.391. The molecular formula is C16H26FNO3S. The highest BCUT2D eigenvalue weighted by Crippen LogP contribution is 2.28. The van der Waals surface area contributed by atoms with E-state index < -0.39 is 32.4 Å². The lowest BCUT2D eigenvalue weighted by atomic mass is 9.81. The number of rotatable bonds is 8. The molecule has 6 heteroatoms. The number of aliphatic hydroxyl groups is 1. The zero-order valence-electron chi connectivity index (χ0n) is 13.6. The van der Waals surface area contributed by atoms with Gasteiger partial charge < -0.3 is 5.11 Å². The molecule has 22 heavy (non-hydrogen) atoms. The van der Waals surface area contributed by atoms with Gasteiger partial charge in [0, 0.05) is 0 Å². The van der Waals surface area contributed by atoms with Gasteiger partial charge in [-0.2, -0.15) is 0 Å². The third-order valence-corrected chi connectivity index (χ3v) is 5.90. The number of nitrogens with one attached hydrogen (secondary N) is 1. The Hall–Kier alpha value is -0.980. The molecule has 0 aliphatic heterocycles. The van der Waals surface area contributed by atoms with Gasteiger partial charge in [-0.05, 0) is 30.9 Å². The molecule has 0 bridgehead atoms. The molecule has 0 aliphatic carbocycles. The van der Waals surface area contributed by atoms with Gasteiger partial charge in [0.25, 0.3) is 0 Å². The molecule has 2 N–H and O–H groups in total. The fraction of sp³-hybridized carbons (Fsp3) is 0.625. The molecule has 1 aromatic carbocycles. The maximum absolute atomic E-state index is 13.8. The van der Waals surface area contributed by atoms with E-state index >= 15 is 0 Å². The lowest BCUT2D eigenvalue weighted by Gasteiger charge is -2.38. The van der Waals surface area contributed by atoms with Crippen molar-refractivity contribution < 1.29 is 17.9 Å². The van der Waals surface area contributed by atoms with Gasteiger partial charge in [-0.15, -0.1) is 0 Å². The highest BCUT2D eigenvalue weighted by atomic mass is 32.2. The first-order valence-corrected chi connectivity index (χ1v) is 9.19. The normalized spacial score (nSPS) is 15.5. The van der Waals surface area contributed by atoms with Gasteiger partial charge in [0.05, 0.1) is 11.6 Å². The smallest absolute Gasteiger partial charge is 0.243 e. The molecule has 0 saturated heterocycles. The molecule has 0 aromatic heterocycles. The van der Waals surface area contributed by atoms with Crippen LogP contribution >= 0.6 is 0 Å². The third-order valence-electron chi connectivity index (χ3n) is 4.42. The van der Waals surface area contributed by atoms with Crippen molar-refractivity contribution in [3.8, 4) is 0 Å². The molecule has 2 atom stereocenters. The van der Waals surface area contributed by atoms with Gasteiger partial charge in [-0.3, -0.25) is 0 Å². The van der Waals surface area contributed by atoms with E-state index in [1.807, 2.05) is 27.7 Å². The second-order valence-electron chi connectivity index (χ2n) is 5.73. The zero-order valence-corrected chi connectivity index (χ0v) is 14.5. The van der Waals surface area contributed by atoms with Gasteiger partial charge in [0.15, 0.2) is 0 Å². The van der Waals surface area contributed by atoms with E-state index in [0.29, 0.717) is 19.3 Å². The van der Waals surface area contributed by atoms with Gasteiger partial charge in [0.2, 0.25) is 10.0 Å². The topological polar surface area (TPSA) is 66.4 Å². The van der Waals surface area contributed by atoms with E-state index in [0.717, 1.165) is 6.07 Å². The van der Waals surface area contributed by atoms with Crippen LogP contribution in [0, 0.1) is 11.7 Å². The average molecular weight is 331 g/mol. The monoisotopic (exact) mass is 331 g/mol. The number of sulfonamides is 1. The van der Waals surface area contributed by atoms with Crippen LogP contribution in [-0.4, -0.2) is 25.2 Å². The van der Waals surface area contributed by atoms with Crippen molar-refractivity contribution in [1.82, 2.24) is 4.72 Å². The van der Waals surface area contributed by atoms with Crippen molar-refractivity contribution in [3.05, 3.63) is 30.1 Å². The Balaban J connectivity index is 3.22. The minimum Gasteiger partial charge on any atom is -0.388 e. The lowest BCUT2D eigenvalue weighted by Crippen LogP contribution is -2.55. The van der Waals surface area contributed by atoms with Crippen molar-refractivity contribution in [2.75, 3.05) is 0 Å². The quantitative estimate of drug-likeness (QED) is 0.769. The lowest BCUT2D eigenvalue weighted by molar-refractivity contribution is -0.0161. The van der Waals surface area contributed by atoms with Crippen LogP contribution in [0.15, 0.2) is 29.2 Å². The standard InChI is InChI=1S/C16H26FNO3S/c1-5-12(4)15(16(19,6-2)7-3)18-22(20,21)14-11-9-8-10-13(14)17/h8-12,15,18-19H,5-7H2,1-4H3/t12?,15-/m0/s1. The molecule has 1 unspecified atom stereocenters. The second kappa shape index (κ2) is 7.53. The summed E-state index contributed by atoms with van der Waals surface area (Å²) in [6, 6.07) is 4.58. The summed E-state index contributed by atoms with van der Waals surface area (Å²) in [5.41, 5.74) is -1.16. The highest BCUT2D eigenvalue weighted by Gasteiger charge is 2.39. The van der Waals surface area contributed by atoms with Crippen molar-refractivity contribution in [1.29, 1.82) is 0 Å². The maximum atomic E-state index is 13.8. The van der Waals surface area contributed by atoms with Crippen LogP contribution in [0.25, 0.3) is 0 Å². The third kappa shape index (κ3) is 4.06. The predicted molar refractivity (Wildman–Crippen MR) is 85.5 cm³/mol. The Labute approximate surface area is 132 Å². The molecule has 0 radical (unpaired) electrons. The molecule has 4 nitrogen and oxygen atoms in total. The Kier molecular flexibility index (Phi) is 6.52. The zero-order chi connectivity index (χ0) is 17.0. The van der Waals surface area contributed by atoms with E-state index in [2.05, 4.69) is 4.72 Å². The molecule has 0 spiro atoms. The van der Waals surface area contributed by atoms with Gasteiger partial charge >= 0.3 is 0 Å². The molecule has 0 aliphatic rings. The second-order valence-corrected chi connectivity index (χ2v) is 7.41. The minimum atomic E-state index is -4.03. The van der Waals surface area contributed by atoms with Crippen LogP contribution in [0.2, 0.25) is 0 Å². The molecule has 126 valence electrons. The van der Waals surface area contributed by atoms with Crippen molar-refractivity contribution >= 4 is 10.0 Å². The van der Waals surface area contributed by atoms with Gasteiger partial charge in [0.1, 0.15) is 10.7 Å². The predicted octanol–water partition coefficient (Wildman–Crippen LogP) is 3.07. The summed E-state index contributed by atoms with van der Waals surface area (Å²) in [7, 11) is -4.03. The van der Waals surface area contributed by atoms with E-state index in [1.165, 1.54) is 18.2 Å². The summed E-state index contributed by atoms with van der Waals surface area (Å²) in [5.74, 6) is -0.874. The first kappa shape index (κ1) is 19.1. The molecule has 0 saturated carbocycles. The van der Waals surface area contributed by atoms with E-state index in [4.69, 9.17) is 0 Å². The first-order valence-electron chi connectivity index (χ1n) is 7.71. The SMILES string of the molecule is CCC(C)[C@H](NS(=O)(=O)c1ccccc1F)C(O)(CC)CC. The molecular weight excluding hydrogens is 305 g/mol. The summed E-state index contributed by atoms with van der Waals surface area (Å²) >= 11 is 0. The van der Waals surface area contributed by atoms with Crippen LogP contribution in [0.5, 0.6) is 0 Å².